The van der Waals surface area contributed by atoms with E-state index in [1.54, 1.807) is 0 Å². The van der Waals surface area contributed by atoms with Crippen LogP contribution in [0, 0.1) is 0 Å². The van der Waals surface area contributed by atoms with Crippen LogP contribution in [-0.2, 0) is 14.4 Å². The number of carbonyl (C=O) groups excluding carboxylic acids is 1. The van der Waals surface area contributed by atoms with Crippen LogP contribution in [0.25, 0.3) is 0 Å². The van der Waals surface area contributed by atoms with Crippen molar-refractivity contribution in [3.63, 3.8) is 0 Å². The van der Waals surface area contributed by atoms with Gasteiger partial charge in [0.05, 0.1) is 6.61 Å². The SMILES string of the molecule is CC(=O)C(=O)O.NC(CO)C(=O)O. The molecule has 0 rings (SSSR count). The molecule has 0 amide bonds. The Morgan fingerprint density at radius 1 is 1.31 bits per heavy atom. The number of hydrogen-bond donors (Lipinski definition) is 4. The zero-order valence-electron chi connectivity index (χ0n) is 6.93. The van der Waals surface area contributed by atoms with E-state index in [-0.39, 0.29) is 0 Å². The van der Waals surface area contributed by atoms with Gasteiger partial charge in [-0.25, -0.2) is 4.79 Å². The number of aliphatic hydroxyl groups excluding tert-OH is 1. The Hall–Kier alpha value is -1.47. The molecule has 7 nitrogen and oxygen atoms in total. The molecule has 0 bridgehead atoms. The van der Waals surface area contributed by atoms with Crippen molar-refractivity contribution in [3.05, 3.63) is 0 Å². The van der Waals surface area contributed by atoms with Gasteiger partial charge in [-0.05, 0) is 0 Å². The van der Waals surface area contributed by atoms with Crippen molar-refractivity contribution in [1.82, 2.24) is 0 Å². The second kappa shape index (κ2) is 7.19. The molecule has 0 aliphatic rings. The average molecular weight is 193 g/mol. The van der Waals surface area contributed by atoms with Crippen LogP contribution in [0.2, 0.25) is 0 Å². The number of rotatable bonds is 3. The van der Waals surface area contributed by atoms with Crippen LogP contribution in [0.15, 0.2) is 0 Å². The summed E-state index contributed by atoms with van der Waals surface area (Å²) < 4.78 is 0. The molecule has 0 saturated heterocycles. The largest absolute Gasteiger partial charge is 0.480 e. The molecule has 5 N–H and O–H groups in total. The summed E-state index contributed by atoms with van der Waals surface area (Å²) in [7, 11) is 0. The smallest absolute Gasteiger partial charge is 0.371 e. The number of aliphatic hydroxyl groups is 1. The number of carboxylic acids is 2. The third-order valence-corrected chi connectivity index (χ3v) is 0.815. The second-order valence-corrected chi connectivity index (χ2v) is 1.99. The van der Waals surface area contributed by atoms with Crippen molar-refractivity contribution < 1.29 is 29.7 Å². The molecule has 0 radical (unpaired) electrons. The van der Waals surface area contributed by atoms with Gasteiger partial charge in [-0.15, -0.1) is 0 Å². The average Bonchev–Trinajstić information content (AvgIpc) is 2.03. The molecule has 1 atom stereocenters. The molecule has 0 saturated carbocycles. The molecule has 0 spiro atoms. The van der Waals surface area contributed by atoms with Crippen LogP contribution in [0.4, 0.5) is 0 Å². The minimum atomic E-state index is -1.38. The summed E-state index contributed by atoms with van der Waals surface area (Å²) in [4.78, 5) is 28.5. The van der Waals surface area contributed by atoms with E-state index in [1.807, 2.05) is 0 Å². The fourth-order valence-electron chi connectivity index (χ4n) is 0.0781. The molecule has 0 aromatic carbocycles. The summed E-state index contributed by atoms with van der Waals surface area (Å²) in [5, 5.41) is 23.5. The Bertz CT molecular complexity index is 189. The van der Waals surface area contributed by atoms with Gasteiger partial charge in [-0.3, -0.25) is 9.59 Å². The van der Waals surface area contributed by atoms with Crippen LogP contribution in [-0.4, -0.2) is 45.7 Å². The molecule has 0 aliphatic heterocycles. The third-order valence-electron chi connectivity index (χ3n) is 0.815. The first-order valence-corrected chi connectivity index (χ1v) is 3.16. The van der Waals surface area contributed by atoms with E-state index >= 15 is 0 Å². The van der Waals surface area contributed by atoms with Crippen LogP contribution in [0.1, 0.15) is 6.92 Å². The van der Waals surface area contributed by atoms with Crippen LogP contribution in [0.5, 0.6) is 0 Å². The van der Waals surface area contributed by atoms with Crippen molar-refractivity contribution in [3.8, 4) is 0 Å². The summed E-state index contributed by atoms with van der Waals surface area (Å²) in [6, 6.07) is -1.13. The van der Waals surface area contributed by atoms with Crippen molar-refractivity contribution >= 4 is 17.7 Å². The highest BCUT2D eigenvalue weighted by molar-refractivity contribution is 6.31. The number of carboxylic acid groups (broad SMARTS) is 2. The zero-order chi connectivity index (χ0) is 11.0. The molecule has 0 aliphatic carbocycles. The molecule has 0 aromatic rings. The number of hydrogen-bond acceptors (Lipinski definition) is 5. The van der Waals surface area contributed by atoms with E-state index in [0.29, 0.717) is 0 Å². The molecule has 1 unspecified atom stereocenters. The molecule has 0 heterocycles. The Morgan fingerprint density at radius 2 is 1.62 bits per heavy atom. The Kier molecular flexibility index (Phi) is 7.79. The fourth-order valence-corrected chi connectivity index (χ4v) is 0.0781. The van der Waals surface area contributed by atoms with E-state index in [2.05, 4.69) is 0 Å². The fraction of sp³-hybridized carbons (Fsp3) is 0.500. The summed E-state index contributed by atoms with van der Waals surface area (Å²) in [6.45, 7) is 0.498. The maximum Gasteiger partial charge on any atom is 0.371 e. The summed E-state index contributed by atoms with van der Waals surface area (Å²) in [5.74, 6) is -3.38. The highest BCUT2D eigenvalue weighted by Crippen LogP contribution is 1.71. The van der Waals surface area contributed by atoms with Gasteiger partial charge in [-0.2, -0.15) is 0 Å². The van der Waals surface area contributed by atoms with Crippen molar-refractivity contribution in [2.75, 3.05) is 6.61 Å². The van der Waals surface area contributed by atoms with Gasteiger partial charge >= 0.3 is 11.9 Å². The standard InChI is InChI=1S/C3H7NO3.C3H4O3/c4-2(1-5)3(6)7;1-2(4)3(5)6/h2,5H,1,4H2,(H,6,7);1H3,(H,5,6). The Labute approximate surface area is 73.8 Å². The van der Waals surface area contributed by atoms with E-state index in [0.717, 1.165) is 6.92 Å². The molecule has 0 aromatic heterocycles. The number of nitrogens with two attached hydrogens (primary N) is 1. The maximum atomic E-state index is 9.65. The third kappa shape index (κ3) is 10.5. The van der Waals surface area contributed by atoms with Crippen LogP contribution < -0.4 is 5.73 Å². The Balaban J connectivity index is 0. The molecular formula is C6H11NO6. The second-order valence-electron chi connectivity index (χ2n) is 1.99. The monoisotopic (exact) mass is 193 g/mol. The first kappa shape index (κ1) is 14.1. The van der Waals surface area contributed by atoms with Crippen molar-refractivity contribution in [1.29, 1.82) is 0 Å². The molecule has 0 fully saturated rings. The lowest BCUT2D eigenvalue weighted by atomic mass is 10.3. The number of aliphatic carboxylic acids is 2. The van der Waals surface area contributed by atoms with Gasteiger partial charge < -0.3 is 21.1 Å². The summed E-state index contributed by atoms with van der Waals surface area (Å²) in [6.07, 6.45) is 0. The molecule has 7 heteroatoms. The van der Waals surface area contributed by atoms with Crippen molar-refractivity contribution in [2.45, 2.75) is 13.0 Å². The lowest BCUT2D eigenvalue weighted by molar-refractivity contribution is -0.148. The lowest BCUT2D eigenvalue weighted by Crippen LogP contribution is -2.33. The number of Topliss-reactive ketones (excluding diaryl/α,β-unsaturated/α-hetero) is 1. The summed E-state index contributed by atoms with van der Waals surface area (Å²) >= 11 is 0. The predicted octanol–water partition coefficient (Wildman–Crippen LogP) is -1.95. The van der Waals surface area contributed by atoms with E-state index in [1.165, 1.54) is 0 Å². The summed E-state index contributed by atoms with van der Waals surface area (Å²) in [5.41, 5.74) is 4.77. The predicted molar refractivity (Wildman–Crippen MR) is 41.0 cm³/mol. The quantitative estimate of drug-likeness (QED) is 0.382. The van der Waals surface area contributed by atoms with E-state index in [4.69, 9.17) is 21.1 Å². The zero-order valence-corrected chi connectivity index (χ0v) is 6.93. The highest BCUT2D eigenvalue weighted by atomic mass is 16.4. The molecule has 13 heavy (non-hydrogen) atoms. The van der Waals surface area contributed by atoms with Gasteiger partial charge in [0.25, 0.3) is 0 Å². The van der Waals surface area contributed by atoms with E-state index < -0.39 is 30.4 Å². The first-order valence-electron chi connectivity index (χ1n) is 3.16. The van der Waals surface area contributed by atoms with Gasteiger partial charge in [-0.1, -0.05) is 0 Å². The topological polar surface area (TPSA) is 138 Å². The minimum absolute atomic E-state index is 0.505. The maximum absolute atomic E-state index is 9.65. The minimum Gasteiger partial charge on any atom is -0.480 e. The van der Waals surface area contributed by atoms with Gasteiger partial charge in [0, 0.05) is 6.92 Å². The normalized spacial score (nSPS) is 10.7. The highest BCUT2D eigenvalue weighted by Gasteiger charge is 2.07. The number of carbonyl (C=O) groups is 3. The van der Waals surface area contributed by atoms with E-state index in [9.17, 15) is 14.4 Å². The molecule has 76 valence electrons. The Morgan fingerprint density at radius 3 is 1.62 bits per heavy atom. The van der Waals surface area contributed by atoms with Gasteiger partial charge in [0.15, 0.2) is 0 Å². The number of ketones is 1. The van der Waals surface area contributed by atoms with Crippen LogP contribution in [0.3, 0.4) is 0 Å². The van der Waals surface area contributed by atoms with Gasteiger partial charge in [0.2, 0.25) is 5.78 Å². The first-order chi connectivity index (χ1) is 5.82. The van der Waals surface area contributed by atoms with Crippen LogP contribution >= 0.6 is 0 Å². The van der Waals surface area contributed by atoms with Crippen molar-refractivity contribution in [2.24, 2.45) is 5.73 Å². The van der Waals surface area contributed by atoms with Gasteiger partial charge in [0.1, 0.15) is 6.04 Å². The lowest BCUT2D eigenvalue weighted by Gasteiger charge is -1.96. The molecular weight excluding hydrogens is 182 g/mol.